The Labute approximate surface area is 191 Å². The van der Waals surface area contributed by atoms with Crippen LogP contribution >= 0.6 is 0 Å². The molecule has 0 saturated carbocycles. The van der Waals surface area contributed by atoms with Gasteiger partial charge in [0.2, 0.25) is 0 Å². The van der Waals surface area contributed by atoms with Crippen LogP contribution in [0.4, 0.5) is 17.3 Å². The van der Waals surface area contributed by atoms with Gasteiger partial charge in [-0.3, -0.25) is 4.68 Å². The third-order valence-electron chi connectivity index (χ3n) is 6.03. The zero-order valence-electron chi connectivity index (χ0n) is 18.1. The van der Waals surface area contributed by atoms with E-state index in [0.717, 1.165) is 71.9 Å². The number of aromatic nitrogens is 5. The second kappa shape index (κ2) is 8.48. The zero-order valence-corrected chi connectivity index (χ0v) is 18.1. The number of hydrogen-bond donors (Lipinski definition) is 2. The molecule has 0 bridgehead atoms. The molecule has 0 amide bonds. The minimum Gasteiger partial charge on any atom is -0.354 e. The Morgan fingerprint density at radius 2 is 1.79 bits per heavy atom. The number of rotatable bonds is 5. The van der Waals surface area contributed by atoms with Gasteiger partial charge in [0, 0.05) is 42.6 Å². The Balaban J connectivity index is 1.30. The highest BCUT2D eigenvalue weighted by Crippen LogP contribution is 2.28. The van der Waals surface area contributed by atoms with Crippen LogP contribution in [0.2, 0.25) is 0 Å². The van der Waals surface area contributed by atoms with E-state index in [1.54, 1.807) is 6.33 Å². The van der Waals surface area contributed by atoms with Crippen LogP contribution in [0.5, 0.6) is 0 Å². The van der Waals surface area contributed by atoms with Gasteiger partial charge in [0.1, 0.15) is 18.0 Å². The van der Waals surface area contributed by atoms with Gasteiger partial charge in [0.05, 0.1) is 30.0 Å². The van der Waals surface area contributed by atoms with Crippen LogP contribution < -0.4 is 15.5 Å². The van der Waals surface area contributed by atoms with Gasteiger partial charge < -0.3 is 15.5 Å². The molecule has 2 N–H and O–H groups in total. The molecular weight excluding hydrogens is 412 g/mol. The Hall–Kier alpha value is -4.04. The highest BCUT2D eigenvalue weighted by atomic mass is 15.3. The number of benzene rings is 2. The number of nitrogens with zero attached hydrogens (tertiary/aromatic N) is 6. The van der Waals surface area contributed by atoms with E-state index in [1.807, 2.05) is 23.1 Å². The summed E-state index contributed by atoms with van der Waals surface area (Å²) < 4.78 is 2.03. The number of hydrogen-bond acceptors (Lipinski definition) is 7. The summed E-state index contributed by atoms with van der Waals surface area (Å²) in [6.07, 6.45) is 5.32. The highest BCUT2D eigenvalue weighted by molar-refractivity contribution is 5.93. The Morgan fingerprint density at radius 3 is 2.67 bits per heavy atom. The second-order valence-electron chi connectivity index (χ2n) is 8.21. The monoisotopic (exact) mass is 436 g/mol. The second-order valence-corrected chi connectivity index (χ2v) is 8.21. The van der Waals surface area contributed by atoms with Crippen LogP contribution in [-0.4, -0.2) is 50.9 Å². The van der Waals surface area contributed by atoms with Crippen LogP contribution in [-0.2, 0) is 6.54 Å². The molecule has 6 rings (SSSR count). The van der Waals surface area contributed by atoms with Crippen molar-refractivity contribution in [2.24, 2.45) is 0 Å². The summed E-state index contributed by atoms with van der Waals surface area (Å²) in [6.45, 7) is 4.56. The topological polar surface area (TPSA) is 83.8 Å². The molecule has 3 aromatic heterocycles. The van der Waals surface area contributed by atoms with E-state index in [1.165, 1.54) is 5.56 Å². The van der Waals surface area contributed by atoms with Gasteiger partial charge >= 0.3 is 0 Å². The van der Waals surface area contributed by atoms with Crippen molar-refractivity contribution < 1.29 is 0 Å². The van der Waals surface area contributed by atoms with Crippen molar-refractivity contribution in [3.63, 3.8) is 0 Å². The molecule has 1 aliphatic heterocycles. The molecule has 0 spiro atoms. The first-order chi connectivity index (χ1) is 16.3. The van der Waals surface area contributed by atoms with Crippen molar-refractivity contribution in [3.05, 3.63) is 78.9 Å². The maximum atomic E-state index is 4.63. The predicted octanol–water partition coefficient (Wildman–Crippen LogP) is 3.58. The lowest BCUT2D eigenvalue weighted by molar-refractivity contribution is 0.585. The summed E-state index contributed by atoms with van der Waals surface area (Å²) >= 11 is 0. The lowest BCUT2D eigenvalue weighted by Gasteiger charge is -2.28. The molecule has 5 aromatic rings. The maximum Gasteiger partial charge on any atom is 0.141 e. The first-order valence-electron chi connectivity index (χ1n) is 11.2. The van der Waals surface area contributed by atoms with Crippen molar-refractivity contribution in [2.75, 3.05) is 36.4 Å². The number of anilines is 3. The minimum atomic E-state index is 0.745. The molecule has 1 fully saturated rings. The van der Waals surface area contributed by atoms with Crippen LogP contribution in [0.15, 0.2) is 73.3 Å². The predicted molar refractivity (Wildman–Crippen MR) is 131 cm³/mol. The molecule has 33 heavy (non-hydrogen) atoms. The molecule has 0 atom stereocenters. The molecule has 2 aromatic carbocycles. The summed E-state index contributed by atoms with van der Waals surface area (Å²) in [5, 5.41) is 13.5. The van der Waals surface area contributed by atoms with E-state index in [9.17, 15) is 0 Å². The molecule has 8 nitrogen and oxygen atoms in total. The Bertz CT molecular complexity index is 1410. The summed E-state index contributed by atoms with van der Waals surface area (Å²) in [7, 11) is 0. The van der Waals surface area contributed by atoms with Crippen molar-refractivity contribution in [1.29, 1.82) is 0 Å². The molecule has 1 aliphatic rings. The largest absolute Gasteiger partial charge is 0.354 e. The summed E-state index contributed by atoms with van der Waals surface area (Å²) in [4.78, 5) is 15.9. The van der Waals surface area contributed by atoms with Crippen LogP contribution in [0.25, 0.3) is 21.8 Å². The van der Waals surface area contributed by atoms with Crippen LogP contribution in [0.1, 0.15) is 5.56 Å². The summed E-state index contributed by atoms with van der Waals surface area (Å²) in [5.41, 5.74) is 4.11. The van der Waals surface area contributed by atoms with E-state index < -0.39 is 0 Å². The number of piperazine rings is 1. The molecule has 1 saturated heterocycles. The fourth-order valence-corrected chi connectivity index (χ4v) is 4.30. The lowest BCUT2D eigenvalue weighted by atomic mass is 10.2. The molecule has 0 radical (unpaired) electrons. The summed E-state index contributed by atoms with van der Waals surface area (Å²) in [6, 6.07) is 18.7. The maximum absolute atomic E-state index is 4.63. The van der Waals surface area contributed by atoms with E-state index >= 15 is 0 Å². The normalized spacial score (nSPS) is 14.1. The van der Waals surface area contributed by atoms with E-state index in [4.69, 9.17) is 0 Å². The zero-order chi connectivity index (χ0) is 22.0. The first-order valence-corrected chi connectivity index (χ1v) is 11.2. The number of fused-ring (bicyclic) bond motifs is 2. The smallest absolute Gasteiger partial charge is 0.141 e. The van der Waals surface area contributed by atoms with Gasteiger partial charge in [0.15, 0.2) is 0 Å². The van der Waals surface area contributed by atoms with Crippen LogP contribution in [0, 0.1) is 0 Å². The Morgan fingerprint density at radius 1 is 0.909 bits per heavy atom. The minimum absolute atomic E-state index is 0.745. The molecule has 164 valence electrons. The van der Waals surface area contributed by atoms with Gasteiger partial charge in [-0.1, -0.05) is 30.3 Å². The molecule has 4 heterocycles. The van der Waals surface area contributed by atoms with Gasteiger partial charge in [-0.25, -0.2) is 15.0 Å². The first kappa shape index (κ1) is 19.6. The fraction of sp³-hybridized carbons (Fsp3) is 0.200. The van der Waals surface area contributed by atoms with E-state index in [0.29, 0.717) is 0 Å². The van der Waals surface area contributed by atoms with Crippen molar-refractivity contribution >= 4 is 39.1 Å². The van der Waals surface area contributed by atoms with Gasteiger partial charge in [0.25, 0.3) is 0 Å². The average molecular weight is 437 g/mol. The fourth-order valence-electron chi connectivity index (χ4n) is 4.30. The number of nitrogens with one attached hydrogen (secondary N) is 2. The Kier molecular flexibility index (Phi) is 5.04. The van der Waals surface area contributed by atoms with Gasteiger partial charge in [-0.15, -0.1) is 0 Å². The van der Waals surface area contributed by atoms with Crippen molar-refractivity contribution in [3.8, 4) is 0 Å². The quantitative estimate of drug-likeness (QED) is 0.436. The lowest BCUT2D eigenvalue weighted by Crippen LogP contribution is -2.43. The SMILES string of the molecule is c1ccc(Cn2ncc3cc(Nc4ncnc5cnc(N6CCNCC6)cc45)ccc32)cc1. The molecule has 8 heteroatoms. The van der Waals surface area contributed by atoms with E-state index in [-0.39, 0.29) is 0 Å². The average Bonchev–Trinajstić information content (AvgIpc) is 3.27. The third-order valence-corrected chi connectivity index (χ3v) is 6.03. The van der Waals surface area contributed by atoms with Crippen LogP contribution in [0.3, 0.4) is 0 Å². The standard InChI is InChI=1S/C25H24N8/c1-2-4-18(5-3-1)16-33-23-7-6-20(12-19(23)14-30-33)31-25-21-13-24(32-10-8-26-9-11-32)27-15-22(21)28-17-29-25/h1-7,12-15,17,26H,8-11,16H2,(H,28,29,31). The van der Waals surface area contributed by atoms with Crippen molar-refractivity contribution in [1.82, 2.24) is 30.0 Å². The van der Waals surface area contributed by atoms with Gasteiger partial charge in [-0.2, -0.15) is 5.10 Å². The van der Waals surface area contributed by atoms with E-state index in [2.05, 4.69) is 84.1 Å². The highest BCUT2D eigenvalue weighted by Gasteiger charge is 2.14. The van der Waals surface area contributed by atoms with Crippen molar-refractivity contribution in [2.45, 2.75) is 6.54 Å². The number of pyridine rings is 1. The molecular formula is C25H24N8. The molecule has 0 unspecified atom stereocenters. The molecule has 0 aliphatic carbocycles. The third kappa shape index (κ3) is 3.96. The van der Waals surface area contributed by atoms with Gasteiger partial charge in [-0.05, 0) is 29.8 Å². The summed E-state index contributed by atoms with van der Waals surface area (Å²) in [5.74, 6) is 1.73.